The normalized spacial score (nSPS) is 14.7. The van der Waals surface area contributed by atoms with Gasteiger partial charge in [0.05, 0.1) is 18.6 Å². The fourth-order valence-electron chi connectivity index (χ4n) is 1.96. The van der Waals surface area contributed by atoms with E-state index in [0.717, 1.165) is 11.1 Å². The maximum atomic E-state index is 11.1. The number of fused-ring (bicyclic) bond motifs is 1. The summed E-state index contributed by atoms with van der Waals surface area (Å²) in [5.74, 6) is -0.711. The molecule has 0 unspecified atom stereocenters. The van der Waals surface area contributed by atoms with Crippen molar-refractivity contribution >= 4 is 5.97 Å². The highest BCUT2D eigenvalue weighted by atomic mass is 16.5. The summed E-state index contributed by atoms with van der Waals surface area (Å²) in [5.41, 5.74) is 1.81. The molecule has 0 saturated heterocycles. The Hall–Kier alpha value is -1.55. The topological polar surface area (TPSA) is 66.8 Å². The molecule has 1 heterocycles. The van der Waals surface area contributed by atoms with E-state index in [1.807, 2.05) is 6.07 Å². The van der Waals surface area contributed by atoms with Crippen LogP contribution in [0.2, 0.25) is 0 Å². The first kappa shape index (κ1) is 11.9. The number of phenols is 1. The van der Waals surface area contributed by atoms with E-state index >= 15 is 0 Å². The Balaban J connectivity index is 2.31. The Morgan fingerprint density at radius 3 is 2.53 bits per heavy atom. The lowest BCUT2D eigenvalue weighted by molar-refractivity contribution is -0.146. The molecule has 0 spiro atoms. The van der Waals surface area contributed by atoms with E-state index in [4.69, 9.17) is 9.84 Å². The van der Waals surface area contributed by atoms with Crippen LogP contribution in [0.25, 0.3) is 0 Å². The Morgan fingerprint density at radius 2 is 1.94 bits per heavy atom. The first-order valence-electron chi connectivity index (χ1n) is 5.55. The van der Waals surface area contributed by atoms with E-state index in [-0.39, 0.29) is 5.75 Å². The Morgan fingerprint density at radius 1 is 1.35 bits per heavy atom. The highest BCUT2D eigenvalue weighted by molar-refractivity contribution is 5.74. The molecule has 17 heavy (non-hydrogen) atoms. The van der Waals surface area contributed by atoms with Gasteiger partial charge in [-0.2, -0.15) is 0 Å². The van der Waals surface area contributed by atoms with Crippen LogP contribution in [0.15, 0.2) is 12.1 Å². The Bertz CT molecular complexity index is 463. The number of aliphatic carboxylic acids is 1. The highest BCUT2D eigenvalue weighted by Crippen LogP contribution is 2.32. The first-order valence-corrected chi connectivity index (χ1v) is 5.55. The molecule has 4 nitrogen and oxygen atoms in total. The summed E-state index contributed by atoms with van der Waals surface area (Å²) >= 11 is 0. The lowest BCUT2D eigenvalue weighted by Gasteiger charge is -2.20. The molecule has 0 atom stereocenters. The van der Waals surface area contributed by atoms with Gasteiger partial charge in [-0.25, -0.2) is 0 Å². The summed E-state index contributed by atoms with van der Waals surface area (Å²) in [4.78, 5) is 11.1. The molecule has 0 aromatic heterocycles. The number of carbonyl (C=O) groups is 1. The number of hydrogen-bond acceptors (Lipinski definition) is 3. The zero-order valence-corrected chi connectivity index (χ0v) is 9.99. The minimum atomic E-state index is -0.884. The smallest absolute Gasteiger partial charge is 0.309 e. The van der Waals surface area contributed by atoms with E-state index in [1.165, 1.54) is 0 Å². The second kappa shape index (κ2) is 4.04. The molecule has 1 aliphatic heterocycles. The molecule has 0 aliphatic carbocycles. The molecule has 92 valence electrons. The lowest BCUT2D eigenvalue weighted by Crippen LogP contribution is -2.26. The van der Waals surface area contributed by atoms with Crippen LogP contribution < -0.4 is 0 Å². The zero-order chi connectivity index (χ0) is 12.6. The molecule has 2 rings (SSSR count). The second-order valence-electron chi connectivity index (χ2n) is 5.11. The quantitative estimate of drug-likeness (QED) is 0.843. The second-order valence-corrected chi connectivity index (χ2v) is 5.11. The predicted octanol–water partition coefficient (Wildman–Crippen LogP) is 2.08. The SMILES string of the molecule is CC(C)(Cc1cc2c(cc1O)COC2)C(=O)O. The van der Waals surface area contributed by atoms with E-state index in [0.29, 0.717) is 25.2 Å². The van der Waals surface area contributed by atoms with Gasteiger partial charge in [-0.1, -0.05) is 0 Å². The van der Waals surface area contributed by atoms with Gasteiger partial charge in [0.1, 0.15) is 5.75 Å². The third-order valence-electron chi connectivity index (χ3n) is 3.13. The van der Waals surface area contributed by atoms with Crippen molar-refractivity contribution in [3.63, 3.8) is 0 Å². The van der Waals surface area contributed by atoms with Crippen LogP contribution in [-0.4, -0.2) is 16.2 Å². The minimum Gasteiger partial charge on any atom is -0.508 e. The maximum absolute atomic E-state index is 11.1. The van der Waals surface area contributed by atoms with E-state index in [2.05, 4.69) is 0 Å². The van der Waals surface area contributed by atoms with E-state index < -0.39 is 11.4 Å². The van der Waals surface area contributed by atoms with Crippen molar-refractivity contribution in [1.82, 2.24) is 0 Å². The van der Waals surface area contributed by atoms with Crippen LogP contribution in [0.4, 0.5) is 0 Å². The molecule has 4 heteroatoms. The number of aromatic hydroxyl groups is 1. The highest BCUT2D eigenvalue weighted by Gasteiger charge is 2.29. The zero-order valence-electron chi connectivity index (χ0n) is 9.99. The van der Waals surface area contributed by atoms with Crippen molar-refractivity contribution in [3.05, 3.63) is 28.8 Å². The van der Waals surface area contributed by atoms with Crippen LogP contribution in [0.3, 0.4) is 0 Å². The van der Waals surface area contributed by atoms with Crippen molar-refractivity contribution < 1.29 is 19.7 Å². The first-order chi connectivity index (χ1) is 7.90. The van der Waals surface area contributed by atoms with Gasteiger partial charge in [-0.05, 0) is 49.1 Å². The molecule has 0 fully saturated rings. The molecule has 2 N–H and O–H groups in total. The van der Waals surface area contributed by atoms with Crippen LogP contribution >= 0.6 is 0 Å². The number of carboxylic acid groups (broad SMARTS) is 1. The molecular weight excluding hydrogens is 220 g/mol. The summed E-state index contributed by atoms with van der Waals surface area (Å²) in [7, 11) is 0. The summed E-state index contributed by atoms with van der Waals surface area (Å²) in [6.07, 6.45) is 0.307. The summed E-state index contributed by atoms with van der Waals surface area (Å²) < 4.78 is 5.28. The molecule has 0 saturated carbocycles. The van der Waals surface area contributed by atoms with Gasteiger partial charge < -0.3 is 14.9 Å². The van der Waals surface area contributed by atoms with Gasteiger partial charge in [-0.3, -0.25) is 4.79 Å². The summed E-state index contributed by atoms with van der Waals surface area (Å²) in [6, 6.07) is 3.53. The molecule has 1 aromatic rings. The number of ether oxygens (including phenoxy) is 1. The third kappa shape index (κ3) is 2.26. The largest absolute Gasteiger partial charge is 0.508 e. The van der Waals surface area contributed by atoms with Gasteiger partial charge in [0.15, 0.2) is 0 Å². The van der Waals surface area contributed by atoms with Gasteiger partial charge in [0, 0.05) is 0 Å². The summed E-state index contributed by atoms with van der Waals surface area (Å²) in [6.45, 7) is 4.36. The number of hydrogen-bond donors (Lipinski definition) is 2. The number of benzene rings is 1. The molecule has 1 aliphatic rings. The molecule has 0 radical (unpaired) electrons. The predicted molar refractivity (Wildman–Crippen MR) is 61.7 cm³/mol. The van der Waals surface area contributed by atoms with Gasteiger partial charge >= 0.3 is 5.97 Å². The van der Waals surface area contributed by atoms with Crippen molar-refractivity contribution in [2.45, 2.75) is 33.5 Å². The minimum absolute atomic E-state index is 0.156. The van der Waals surface area contributed by atoms with Gasteiger partial charge in [0.2, 0.25) is 0 Å². The van der Waals surface area contributed by atoms with Crippen molar-refractivity contribution in [2.24, 2.45) is 5.41 Å². The Kier molecular flexibility index (Phi) is 2.83. The number of phenolic OH excluding ortho intramolecular Hbond substituents is 1. The number of rotatable bonds is 3. The van der Waals surface area contributed by atoms with Crippen LogP contribution in [0, 0.1) is 5.41 Å². The summed E-state index contributed by atoms with van der Waals surface area (Å²) in [5, 5.41) is 19.0. The fraction of sp³-hybridized carbons (Fsp3) is 0.462. The standard InChI is InChI=1S/C13H16O4/c1-13(2,12(15)16)5-8-3-9-6-17-7-10(9)4-11(8)14/h3-4,14H,5-7H2,1-2H3,(H,15,16). The average Bonchev–Trinajstić information content (AvgIpc) is 2.64. The van der Waals surface area contributed by atoms with Crippen LogP contribution in [0.5, 0.6) is 5.75 Å². The molecule has 1 aromatic carbocycles. The lowest BCUT2D eigenvalue weighted by atomic mass is 9.85. The molecule has 0 amide bonds. The molecular formula is C13H16O4. The van der Waals surface area contributed by atoms with Crippen molar-refractivity contribution in [1.29, 1.82) is 0 Å². The molecule has 0 bridgehead atoms. The Labute approximate surface area is 99.8 Å². The van der Waals surface area contributed by atoms with Crippen LogP contribution in [-0.2, 0) is 29.2 Å². The van der Waals surface area contributed by atoms with Crippen molar-refractivity contribution in [3.8, 4) is 5.75 Å². The van der Waals surface area contributed by atoms with Crippen LogP contribution in [0.1, 0.15) is 30.5 Å². The fourth-order valence-corrected chi connectivity index (χ4v) is 1.96. The third-order valence-corrected chi connectivity index (χ3v) is 3.13. The monoisotopic (exact) mass is 236 g/mol. The maximum Gasteiger partial charge on any atom is 0.309 e. The van der Waals surface area contributed by atoms with Crippen molar-refractivity contribution in [2.75, 3.05) is 0 Å². The van der Waals surface area contributed by atoms with E-state index in [9.17, 15) is 9.90 Å². The number of carboxylic acids is 1. The van der Waals surface area contributed by atoms with E-state index in [1.54, 1.807) is 19.9 Å². The van der Waals surface area contributed by atoms with Gasteiger partial charge in [0.25, 0.3) is 0 Å². The average molecular weight is 236 g/mol. The van der Waals surface area contributed by atoms with Gasteiger partial charge in [-0.15, -0.1) is 0 Å².